The monoisotopic (exact) mass is 220 g/mol. The van der Waals surface area contributed by atoms with Gasteiger partial charge in [0.2, 0.25) is 0 Å². The van der Waals surface area contributed by atoms with Crippen molar-refractivity contribution in [3.05, 3.63) is 59.7 Å². The molecule has 2 rings (SSSR count). The molecule has 0 saturated carbocycles. The Morgan fingerprint density at radius 2 is 1.35 bits per heavy atom. The van der Waals surface area contributed by atoms with Gasteiger partial charge in [-0.15, -0.1) is 0 Å². The van der Waals surface area contributed by atoms with E-state index in [1.54, 1.807) is 12.1 Å². The van der Waals surface area contributed by atoms with Crippen molar-refractivity contribution in [2.75, 3.05) is 0 Å². The minimum atomic E-state index is 0.412. The number of benzene rings is 2. The Morgan fingerprint density at radius 3 is 1.88 bits per heavy atom. The fourth-order valence-corrected chi connectivity index (χ4v) is 1.41. The maximum Gasteiger partial charge on any atom is 0.130 e. The first kappa shape index (κ1) is 10.7. The van der Waals surface area contributed by atoms with Gasteiger partial charge < -0.3 is 4.74 Å². The van der Waals surface area contributed by atoms with Gasteiger partial charge in [0.1, 0.15) is 11.5 Å². The zero-order chi connectivity index (χ0) is 12.1. The van der Waals surface area contributed by atoms with Crippen LogP contribution >= 0.6 is 0 Å². The molecule has 0 radical (unpaired) electrons. The van der Waals surface area contributed by atoms with Crippen molar-refractivity contribution in [1.82, 2.24) is 0 Å². The highest BCUT2D eigenvalue weighted by Gasteiger charge is 2.02. The van der Waals surface area contributed by atoms with Crippen molar-refractivity contribution in [3.63, 3.8) is 0 Å². The number of nitrogens with zero attached hydrogens (tertiary/aromatic N) is 2. The van der Waals surface area contributed by atoms with Crippen LogP contribution in [0.3, 0.4) is 0 Å². The number of hydrogen-bond donors (Lipinski definition) is 0. The molecule has 0 unspecified atom stereocenters. The fourth-order valence-electron chi connectivity index (χ4n) is 1.41. The summed E-state index contributed by atoms with van der Waals surface area (Å²) >= 11 is 0. The van der Waals surface area contributed by atoms with E-state index >= 15 is 0 Å². The maximum absolute atomic E-state index is 8.83. The third kappa shape index (κ3) is 2.62. The summed E-state index contributed by atoms with van der Waals surface area (Å²) in [6.45, 7) is 0. The van der Waals surface area contributed by atoms with Crippen LogP contribution in [0.2, 0.25) is 0 Å². The molecule has 0 heterocycles. The summed E-state index contributed by atoms with van der Waals surface area (Å²) in [6, 6.07) is 18.0. The van der Waals surface area contributed by atoms with Gasteiger partial charge in [-0.05, 0) is 30.3 Å². The van der Waals surface area contributed by atoms with Crippen molar-refractivity contribution in [2.24, 2.45) is 0 Å². The lowest BCUT2D eigenvalue weighted by atomic mass is 10.1. The van der Waals surface area contributed by atoms with E-state index in [1.807, 2.05) is 42.5 Å². The van der Waals surface area contributed by atoms with Crippen LogP contribution in [-0.4, -0.2) is 0 Å². The van der Waals surface area contributed by atoms with Crippen molar-refractivity contribution >= 4 is 0 Å². The second-order valence-corrected chi connectivity index (χ2v) is 3.38. The van der Waals surface area contributed by atoms with Gasteiger partial charge >= 0.3 is 0 Å². The van der Waals surface area contributed by atoms with E-state index < -0.39 is 0 Å². The smallest absolute Gasteiger partial charge is 0.130 e. The lowest BCUT2D eigenvalue weighted by Crippen LogP contribution is -1.87. The number of ether oxygens (including phenoxy) is 1. The summed E-state index contributed by atoms with van der Waals surface area (Å²) in [7, 11) is 0. The predicted molar refractivity (Wildman–Crippen MR) is 62.4 cm³/mol. The summed E-state index contributed by atoms with van der Waals surface area (Å²) in [5, 5.41) is 17.7. The predicted octanol–water partition coefficient (Wildman–Crippen LogP) is 3.22. The van der Waals surface area contributed by atoms with Gasteiger partial charge in [-0.1, -0.05) is 18.2 Å². The summed E-state index contributed by atoms with van der Waals surface area (Å²) in [5.41, 5.74) is 0.824. The average Bonchev–Trinajstić information content (AvgIpc) is 2.39. The lowest BCUT2D eigenvalue weighted by Gasteiger charge is -2.05. The minimum Gasteiger partial charge on any atom is -0.457 e. The molecule has 17 heavy (non-hydrogen) atoms. The normalized spacial score (nSPS) is 9.06. The summed E-state index contributed by atoms with van der Waals surface area (Å²) in [4.78, 5) is 0. The molecule has 80 valence electrons. The fraction of sp³-hybridized carbons (Fsp3) is 0. The number of hydrogen-bond acceptors (Lipinski definition) is 3. The van der Waals surface area contributed by atoms with Crippen LogP contribution < -0.4 is 4.74 Å². The van der Waals surface area contributed by atoms with E-state index in [0.29, 0.717) is 22.6 Å². The van der Waals surface area contributed by atoms with Crippen LogP contribution in [0, 0.1) is 22.7 Å². The quantitative estimate of drug-likeness (QED) is 0.780. The van der Waals surface area contributed by atoms with Crippen LogP contribution in [0.1, 0.15) is 11.1 Å². The zero-order valence-electron chi connectivity index (χ0n) is 8.92. The molecule has 0 aliphatic carbocycles. The van der Waals surface area contributed by atoms with Crippen LogP contribution in [0.15, 0.2) is 48.5 Å². The highest BCUT2D eigenvalue weighted by atomic mass is 16.5. The minimum absolute atomic E-state index is 0.412. The van der Waals surface area contributed by atoms with Crippen LogP contribution in [0.5, 0.6) is 11.5 Å². The van der Waals surface area contributed by atoms with Crippen LogP contribution in [-0.2, 0) is 0 Å². The Labute approximate surface area is 99.1 Å². The number of rotatable bonds is 2. The Balaban J connectivity index is 2.34. The molecule has 0 fully saturated rings. The highest BCUT2D eigenvalue weighted by molar-refractivity contribution is 5.46. The summed E-state index contributed by atoms with van der Waals surface area (Å²) in [5.74, 6) is 1.17. The molecule has 2 aromatic rings. The second kappa shape index (κ2) is 4.83. The molecular weight excluding hydrogens is 212 g/mol. The van der Waals surface area contributed by atoms with Gasteiger partial charge in [-0.25, -0.2) is 0 Å². The van der Waals surface area contributed by atoms with Crippen LogP contribution in [0.4, 0.5) is 0 Å². The van der Waals surface area contributed by atoms with Gasteiger partial charge in [0.05, 0.1) is 23.3 Å². The van der Waals surface area contributed by atoms with E-state index in [9.17, 15) is 0 Å². The zero-order valence-corrected chi connectivity index (χ0v) is 8.92. The Kier molecular flexibility index (Phi) is 3.05. The van der Waals surface area contributed by atoms with Crippen molar-refractivity contribution in [3.8, 4) is 23.6 Å². The molecule has 0 spiro atoms. The molecule has 0 aromatic heterocycles. The first-order valence-corrected chi connectivity index (χ1v) is 5.00. The molecule has 2 aromatic carbocycles. The summed E-state index contributed by atoms with van der Waals surface area (Å²) in [6.07, 6.45) is 0. The van der Waals surface area contributed by atoms with E-state index in [0.717, 1.165) is 0 Å². The van der Waals surface area contributed by atoms with Gasteiger partial charge in [-0.2, -0.15) is 10.5 Å². The van der Waals surface area contributed by atoms with Crippen molar-refractivity contribution < 1.29 is 4.74 Å². The standard InChI is InChI=1S/C14H8N2O/c15-9-11-6-12(10-16)8-14(7-11)17-13-4-2-1-3-5-13/h1-8H. The first-order valence-electron chi connectivity index (χ1n) is 5.00. The third-order valence-electron chi connectivity index (χ3n) is 2.14. The lowest BCUT2D eigenvalue weighted by molar-refractivity contribution is 0.482. The molecule has 0 saturated heterocycles. The highest BCUT2D eigenvalue weighted by Crippen LogP contribution is 2.23. The Hall–Kier alpha value is -2.78. The number of nitriles is 2. The molecule has 0 aliphatic rings. The molecule has 0 atom stereocenters. The third-order valence-corrected chi connectivity index (χ3v) is 2.14. The van der Waals surface area contributed by atoms with Gasteiger partial charge in [0.25, 0.3) is 0 Å². The maximum atomic E-state index is 8.83. The van der Waals surface area contributed by atoms with E-state index in [4.69, 9.17) is 15.3 Å². The van der Waals surface area contributed by atoms with Crippen molar-refractivity contribution in [2.45, 2.75) is 0 Å². The molecule has 3 nitrogen and oxygen atoms in total. The summed E-state index contributed by atoms with van der Waals surface area (Å²) < 4.78 is 5.56. The Morgan fingerprint density at radius 1 is 0.765 bits per heavy atom. The molecular formula is C14H8N2O. The molecule has 0 amide bonds. The molecule has 0 bridgehead atoms. The van der Waals surface area contributed by atoms with E-state index in [2.05, 4.69) is 0 Å². The number of para-hydroxylation sites is 1. The van der Waals surface area contributed by atoms with Gasteiger partial charge in [-0.3, -0.25) is 0 Å². The van der Waals surface area contributed by atoms with Gasteiger partial charge in [0, 0.05) is 0 Å². The van der Waals surface area contributed by atoms with E-state index in [-0.39, 0.29) is 0 Å². The topological polar surface area (TPSA) is 56.8 Å². The second-order valence-electron chi connectivity index (χ2n) is 3.38. The molecule has 3 heteroatoms. The van der Waals surface area contributed by atoms with E-state index in [1.165, 1.54) is 6.07 Å². The van der Waals surface area contributed by atoms with Crippen molar-refractivity contribution in [1.29, 1.82) is 10.5 Å². The first-order chi connectivity index (χ1) is 8.31. The Bertz CT molecular complexity index is 574. The SMILES string of the molecule is N#Cc1cc(C#N)cc(Oc2ccccc2)c1. The van der Waals surface area contributed by atoms with Gasteiger partial charge in [0.15, 0.2) is 0 Å². The van der Waals surface area contributed by atoms with Crippen LogP contribution in [0.25, 0.3) is 0 Å². The largest absolute Gasteiger partial charge is 0.457 e. The molecule has 0 N–H and O–H groups in total. The molecule has 0 aliphatic heterocycles. The average molecular weight is 220 g/mol.